The molecule has 1 atom stereocenters. The van der Waals surface area contributed by atoms with E-state index in [4.69, 9.17) is 9.47 Å². The van der Waals surface area contributed by atoms with Gasteiger partial charge in [-0.05, 0) is 6.07 Å². The molecule has 21 heavy (non-hydrogen) atoms. The number of ketones is 1. The van der Waals surface area contributed by atoms with Gasteiger partial charge < -0.3 is 19.7 Å². The van der Waals surface area contributed by atoms with E-state index in [1.807, 2.05) is 18.2 Å². The maximum absolute atomic E-state index is 12.2. The van der Waals surface area contributed by atoms with Crippen LogP contribution < -0.4 is 9.47 Å². The number of rotatable bonds is 2. The SMILES string of the molecule is COc1ccccc1C1CC(=O)c2c(O)cc(O)cc2O1. The molecule has 1 aliphatic rings. The van der Waals surface area contributed by atoms with E-state index in [2.05, 4.69) is 0 Å². The van der Waals surface area contributed by atoms with Gasteiger partial charge in [-0.3, -0.25) is 4.79 Å². The number of phenols is 2. The first-order valence-electron chi connectivity index (χ1n) is 6.49. The van der Waals surface area contributed by atoms with E-state index in [1.54, 1.807) is 13.2 Å². The van der Waals surface area contributed by atoms with Crippen molar-refractivity contribution in [3.63, 3.8) is 0 Å². The van der Waals surface area contributed by atoms with Gasteiger partial charge in [-0.25, -0.2) is 0 Å². The van der Waals surface area contributed by atoms with E-state index < -0.39 is 6.10 Å². The standard InChI is InChI=1S/C16H14O5/c1-20-13-5-3-2-4-10(13)14-8-12(19)16-11(18)6-9(17)7-15(16)21-14/h2-7,14,17-18H,8H2,1H3. The molecule has 2 N–H and O–H groups in total. The third-order valence-corrected chi connectivity index (χ3v) is 3.47. The molecular formula is C16H14O5. The van der Waals surface area contributed by atoms with Crippen LogP contribution in [-0.2, 0) is 0 Å². The van der Waals surface area contributed by atoms with E-state index in [0.29, 0.717) is 5.75 Å². The van der Waals surface area contributed by atoms with Crippen LogP contribution >= 0.6 is 0 Å². The summed E-state index contributed by atoms with van der Waals surface area (Å²) in [6.07, 6.45) is -0.409. The molecule has 0 bridgehead atoms. The van der Waals surface area contributed by atoms with Crippen LogP contribution in [0.5, 0.6) is 23.0 Å². The molecule has 1 aliphatic heterocycles. The topological polar surface area (TPSA) is 76.0 Å². The second kappa shape index (κ2) is 5.01. The first-order chi connectivity index (χ1) is 10.1. The zero-order valence-electron chi connectivity index (χ0n) is 11.4. The molecule has 2 aromatic rings. The molecule has 0 saturated carbocycles. The Morgan fingerprint density at radius 3 is 2.76 bits per heavy atom. The Kier molecular flexibility index (Phi) is 3.17. The minimum atomic E-state index is -0.512. The summed E-state index contributed by atoms with van der Waals surface area (Å²) in [6, 6.07) is 9.74. The van der Waals surface area contributed by atoms with Crippen molar-refractivity contribution < 1.29 is 24.5 Å². The highest BCUT2D eigenvalue weighted by Gasteiger charge is 2.32. The molecule has 3 rings (SSSR count). The van der Waals surface area contributed by atoms with Gasteiger partial charge in [-0.15, -0.1) is 0 Å². The second-order valence-corrected chi connectivity index (χ2v) is 4.81. The zero-order valence-corrected chi connectivity index (χ0v) is 11.4. The third kappa shape index (κ3) is 2.27. The van der Waals surface area contributed by atoms with Gasteiger partial charge >= 0.3 is 0 Å². The van der Waals surface area contributed by atoms with E-state index >= 15 is 0 Å². The number of ether oxygens (including phenoxy) is 2. The van der Waals surface area contributed by atoms with E-state index in [9.17, 15) is 15.0 Å². The Hall–Kier alpha value is -2.69. The van der Waals surface area contributed by atoms with E-state index in [0.717, 1.165) is 11.6 Å². The van der Waals surface area contributed by atoms with Crippen molar-refractivity contribution in [1.82, 2.24) is 0 Å². The predicted octanol–water partition coefficient (Wildman–Crippen LogP) is 2.81. The summed E-state index contributed by atoms with van der Waals surface area (Å²) in [7, 11) is 1.55. The molecule has 0 radical (unpaired) electrons. The highest BCUT2D eigenvalue weighted by molar-refractivity contribution is 6.02. The Balaban J connectivity index is 2.04. The van der Waals surface area contributed by atoms with E-state index in [1.165, 1.54) is 6.07 Å². The van der Waals surface area contributed by atoms with Gasteiger partial charge in [0.05, 0.1) is 13.5 Å². The normalized spacial score (nSPS) is 17.0. The Bertz CT molecular complexity index is 708. The monoisotopic (exact) mass is 286 g/mol. The fourth-order valence-corrected chi connectivity index (χ4v) is 2.53. The van der Waals surface area contributed by atoms with Crippen LogP contribution in [-0.4, -0.2) is 23.1 Å². The van der Waals surface area contributed by atoms with Crippen molar-refractivity contribution in [3.05, 3.63) is 47.5 Å². The Morgan fingerprint density at radius 1 is 1.24 bits per heavy atom. The summed E-state index contributed by atoms with van der Waals surface area (Å²) in [5.74, 6) is 0.153. The fraction of sp³-hybridized carbons (Fsp3) is 0.188. The van der Waals surface area contributed by atoms with Gasteiger partial charge in [-0.2, -0.15) is 0 Å². The summed E-state index contributed by atoms with van der Waals surface area (Å²) >= 11 is 0. The number of methoxy groups -OCH3 is 1. The molecular weight excluding hydrogens is 272 g/mol. The molecule has 0 amide bonds. The number of aromatic hydroxyl groups is 2. The van der Waals surface area contributed by atoms with Crippen molar-refractivity contribution in [2.24, 2.45) is 0 Å². The van der Waals surface area contributed by atoms with Crippen LogP contribution in [0.4, 0.5) is 0 Å². The maximum atomic E-state index is 12.2. The van der Waals surface area contributed by atoms with Gasteiger partial charge in [0.2, 0.25) is 0 Å². The first-order valence-corrected chi connectivity index (χ1v) is 6.49. The smallest absolute Gasteiger partial charge is 0.174 e. The summed E-state index contributed by atoms with van der Waals surface area (Å²) in [5, 5.41) is 19.3. The number of carbonyl (C=O) groups is 1. The lowest BCUT2D eigenvalue weighted by atomic mass is 9.95. The molecule has 2 aromatic carbocycles. The van der Waals surface area contributed by atoms with Gasteiger partial charge in [-0.1, -0.05) is 18.2 Å². The van der Waals surface area contributed by atoms with Crippen LogP contribution in [0.25, 0.3) is 0 Å². The fourth-order valence-electron chi connectivity index (χ4n) is 2.53. The number of para-hydroxylation sites is 1. The predicted molar refractivity (Wildman–Crippen MR) is 75.1 cm³/mol. The van der Waals surface area contributed by atoms with Gasteiger partial charge in [0.1, 0.15) is 34.7 Å². The zero-order chi connectivity index (χ0) is 15.0. The summed E-state index contributed by atoms with van der Waals surface area (Å²) in [6.45, 7) is 0. The van der Waals surface area contributed by atoms with Crippen LogP contribution in [0, 0.1) is 0 Å². The van der Waals surface area contributed by atoms with Crippen molar-refractivity contribution in [2.45, 2.75) is 12.5 Å². The first kappa shape index (κ1) is 13.3. The maximum Gasteiger partial charge on any atom is 0.174 e. The quantitative estimate of drug-likeness (QED) is 0.887. The number of hydrogen-bond donors (Lipinski definition) is 2. The molecule has 0 aromatic heterocycles. The van der Waals surface area contributed by atoms with Crippen LogP contribution in [0.3, 0.4) is 0 Å². The number of hydrogen-bond acceptors (Lipinski definition) is 5. The molecule has 1 heterocycles. The van der Waals surface area contributed by atoms with Gasteiger partial charge in [0.15, 0.2) is 5.78 Å². The number of benzene rings is 2. The molecule has 1 unspecified atom stereocenters. The van der Waals surface area contributed by atoms with Crippen LogP contribution in [0.15, 0.2) is 36.4 Å². The summed E-state index contributed by atoms with van der Waals surface area (Å²) < 4.78 is 11.1. The minimum absolute atomic E-state index is 0.103. The Labute approximate surface area is 121 Å². The largest absolute Gasteiger partial charge is 0.508 e. The van der Waals surface area contributed by atoms with Crippen LogP contribution in [0.2, 0.25) is 0 Å². The van der Waals surface area contributed by atoms with E-state index in [-0.39, 0.29) is 35.0 Å². The number of carbonyl (C=O) groups excluding carboxylic acids is 1. The molecule has 108 valence electrons. The third-order valence-electron chi connectivity index (χ3n) is 3.47. The summed E-state index contributed by atoms with van der Waals surface area (Å²) in [5.41, 5.74) is 0.862. The molecule has 5 heteroatoms. The second-order valence-electron chi connectivity index (χ2n) is 4.81. The lowest BCUT2D eigenvalue weighted by Crippen LogP contribution is -2.21. The molecule has 5 nitrogen and oxygen atoms in total. The van der Waals surface area contributed by atoms with Crippen molar-refractivity contribution in [3.8, 4) is 23.0 Å². The average molecular weight is 286 g/mol. The highest BCUT2D eigenvalue weighted by atomic mass is 16.5. The van der Waals surface area contributed by atoms with Crippen molar-refractivity contribution in [1.29, 1.82) is 0 Å². The Morgan fingerprint density at radius 2 is 2.00 bits per heavy atom. The molecule has 0 fully saturated rings. The van der Waals surface area contributed by atoms with Crippen molar-refractivity contribution in [2.75, 3.05) is 7.11 Å². The number of phenolic OH excluding ortho intramolecular Hbond substituents is 2. The molecule has 0 aliphatic carbocycles. The van der Waals surface area contributed by atoms with Gasteiger partial charge in [0.25, 0.3) is 0 Å². The minimum Gasteiger partial charge on any atom is -0.508 e. The highest BCUT2D eigenvalue weighted by Crippen LogP contribution is 2.43. The van der Waals surface area contributed by atoms with Crippen molar-refractivity contribution >= 4 is 5.78 Å². The lowest BCUT2D eigenvalue weighted by molar-refractivity contribution is 0.0842. The molecule has 0 spiro atoms. The van der Waals surface area contributed by atoms with Gasteiger partial charge in [0, 0.05) is 17.7 Å². The number of fused-ring (bicyclic) bond motifs is 1. The summed E-state index contributed by atoms with van der Waals surface area (Å²) in [4.78, 5) is 12.2. The van der Waals surface area contributed by atoms with Crippen LogP contribution in [0.1, 0.15) is 28.4 Å². The lowest BCUT2D eigenvalue weighted by Gasteiger charge is -2.27. The number of Topliss-reactive ketones (excluding diaryl/α,β-unsaturated/α-hetero) is 1. The average Bonchev–Trinajstić information content (AvgIpc) is 2.45. The molecule has 0 saturated heterocycles.